The quantitative estimate of drug-likeness (QED) is 0.257. The van der Waals surface area contributed by atoms with E-state index in [1.165, 1.54) is 17.8 Å². The van der Waals surface area contributed by atoms with E-state index in [1.54, 1.807) is 18.2 Å². The van der Waals surface area contributed by atoms with Crippen molar-refractivity contribution >= 4 is 29.2 Å². The van der Waals surface area contributed by atoms with Gasteiger partial charge in [-0.3, -0.25) is 0 Å². The molecule has 0 aliphatic carbocycles. The SMILES string of the molecule is CSc1ccc(Oc2cc(C/C(N)=N/N)cc(C(F)(F)F)c2)c(Cl)c1. The molecule has 2 rings (SSSR count). The fraction of sp³-hybridized carbons (Fsp3) is 0.188. The summed E-state index contributed by atoms with van der Waals surface area (Å²) in [4.78, 5) is 0.911. The van der Waals surface area contributed by atoms with E-state index in [0.29, 0.717) is 5.02 Å². The Bertz CT molecular complexity index is 797. The number of alkyl halides is 3. The molecule has 0 amide bonds. The number of halogens is 4. The van der Waals surface area contributed by atoms with E-state index in [9.17, 15) is 13.2 Å². The Kier molecular flexibility index (Phi) is 6.07. The molecule has 0 saturated carbocycles. The molecule has 0 radical (unpaired) electrons. The van der Waals surface area contributed by atoms with Crippen molar-refractivity contribution in [1.29, 1.82) is 0 Å². The van der Waals surface area contributed by atoms with Crippen LogP contribution in [0.25, 0.3) is 0 Å². The number of thioether (sulfide) groups is 1. The van der Waals surface area contributed by atoms with E-state index in [-0.39, 0.29) is 29.3 Å². The summed E-state index contributed by atoms with van der Waals surface area (Å²) in [5, 5.41) is 3.57. The van der Waals surface area contributed by atoms with Crippen LogP contribution in [0.1, 0.15) is 11.1 Å². The van der Waals surface area contributed by atoms with Crippen LogP contribution in [0, 0.1) is 0 Å². The second kappa shape index (κ2) is 7.88. The second-order valence-electron chi connectivity index (χ2n) is 5.06. The highest BCUT2D eigenvalue weighted by atomic mass is 35.5. The van der Waals surface area contributed by atoms with Crippen LogP contribution in [0.15, 0.2) is 46.4 Å². The molecule has 4 nitrogen and oxygen atoms in total. The van der Waals surface area contributed by atoms with Crippen LogP contribution in [-0.2, 0) is 12.6 Å². The van der Waals surface area contributed by atoms with Gasteiger partial charge in [-0.25, -0.2) is 0 Å². The molecule has 134 valence electrons. The lowest BCUT2D eigenvalue weighted by molar-refractivity contribution is -0.137. The third-order valence-electron chi connectivity index (χ3n) is 3.21. The standard InChI is InChI=1S/C16H15ClF3N3OS/c1-25-12-2-3-14(13(17)8-12)24-11-5-9(6-15(21)23-22)4-10(7-11)16(18,19)20/h2-5,7-8H,6,22H2,1H3,(H2,21,23). The van der Waals surface area contributed by atoms with Gasteiger partial charge in [0, 0.05) is 11.3 Å². The highest BCUT2D eigenvalue weighted by Crippen LogP contribution is 2.36. The molecule has 4 N–H and O–H groups in total. The normalized spacial score (nSPS) is 12.3. The van der Waals surface area contributed by atoms with Crippen LogP contribution in [0.5, 0.6) is 11.5 Å². The van der Waals surface area contributed by atoms with Gasteiger partial charge in [-0.2, -0.15) is 18.3 Å². The van der Waals surface area contributed by atoms with Gasteiger partial charge in [-0.15, -0.1) is 11.8 Å². The third kappa shape index (κ3) is 5.20. The fourth-order valence-electron chi connectivity index (χ4n) is 2.06. The topological polar surface area (TPSA) is 73.6 Å². The number of hydrogen-bond donors (Lipinski definition) is 2. The fourth-order valence-corrected chi connectivity index (χ4v) is 2.78. The van der Waals surface area contributed by atoms with Crippen LogP contribution in [0.2, 0.25) is 5.02 Å². The Morgan fingerprint density at radius 1 is 1.24 bits per heavy atom. The summed E-state index contributed by atoms with van der Waals surface area (Å²) in [5.74, 6) is 5.30. The zero-order chi connectivity index (χ0) is 18.6. The van der Waals surface area contributed by atoms with E-state index in [4.69, 9.17) is 27.9 Å². The predicted octanol–water partition coefficient (Wildman–Crippen LogP) is 4.65. The average Bonchev–Trinajstić information content (AvgIpc) is 2.55. The number of amidine groups is 1. The summed E-state index contributed by atoms with van der Waals surface area (Å²) in [6.45, 7) is 0. The molecule has 0 bridgehead atoms. The highest BCUT2D eigenvalue weighted by molar-refractivity contribution is 7.98. The number of benzene rings is 2. The first kappa shape index (κ1) is 19.3. The Hall–Kier alpha value is -2.06. The maximum atomic E-state index is 13.1. The lowest BCUT2D eigenvalue weighted by Crippen LogP contribution is -2.17. The number of ether oxygens (including phenoxy) is 1. The van der Waals surface area contributed by atoms with Crippen molar-refractivity contribution in [2.24, 2.45) is 16.7 Å². The zero-order valence-electron chi connectivity index (χ0n) is 13.1. The number of rotatable bonds is 5. The minimum atomic E-state index is -4.53. The average molecular weight is 390 g/mol. The number of nitrogens with two attached hydrogens (primary N) is 2. The van der Waals surface area contributed by atoms with Gasteiger partial charge in [0.25, 0.3) is 0 Å². The van der Waals surface area contributed by atoms with Crippen molar-refractivity contribution in [1.82, 2.24) is 0 Å². The minimum Gasteiger partial charge on any atom is -0.456 e. The van der Waals surface area contributed by atoms with Crippen molar-refractivity contribution < 1.29 is 17.9 Å². The summed E-state index contributed by atoms with van der Waals surface area (Å²) < 4.78 is 44.9. The number of hydrazone groups is 1. The number of hydrogen-bond acceptors (Lipinski definition) is 4. The van der Waals surface area contributed by atoms with Crippen molar-refractivity contribution in [3.8, 4) is 11.5 Å². The van der Waals surface area contributed by atoms with Gasteiger partial charge < -0.3 is 16.3 Å². The molecule has 2 aromatic rings. The van der Waals surface area contributed by atoms with Gasteiger partial charge in [0.15, 0.2) is 0 Å². The van der Waals surface area contributed by atoms with Gasteiger partial charge in [0.2, 0.25) is 0 Å². The van der Waals surface area contributed by atoms with Crippen LogP contribution < -0.4 is 16.3 Å². The molecule has 0 unspecified atom stereocenters. The van der Waals surface area contributed by atoms with Gasteiger partial charge in [-0.05, 0) is 48.2 Å². The van der Waals surface area contributed by atoms with E-state index >= 15 is 0 Å². The summed E-state index contributed by atoms with van der Waals surface area (Å²) >= 11 is 7.61. The van der Waals surface area contributed by atoms with E-state index in [1.807, 2.05) is 6.26 Å². The lowest BCUT2D eigenvalue weighted by atomic mass is 10.1. The summed E-state index contributed by atoms with van der Waals surface area (Å²) in [5.41, 5.74) is 4.91. The maximum absolute atomic E-state index is 13.1. The molecule has 0 aliphatic rings. The van der Waals surface area contributed by atoms with Gasteiger partial charge in [-0.1, -0.05) is 11.6 Å². The molecule has 0 atom stereocenters. The molecule has 0 saturated heterocycles. The smallest absolute Gasteiger partial charge is 0.416 e. The molecule has 0 fully saturated rings. The van der Waals surface area contributed by atoms with Crippen LogP contribution in [0.3, 0.4) is 0 Å². The first-order chi connectivity index (χ1) is 11.7. The summed E-state index contributed by atoms with van der Waals surface area (Å²) in [6.07, 6.45) is -2.68. The van der Waals surface area contributed by atoms with Crippen molar-refractivity contribution in [3.05, 3.63) is 52.5 Å². The van der Waals surface area contributed by atoms with E-state index in [0.717, 1.165) is 17.0 Å². The Morgan fingerprint density at radius 2 is 1.96 bits per heavy atom. The second-order valence-corrected chi connectivity index (χ2v) is 6.35. The van der Waals surface area contributed by atoms with Gasteiger partial charge in [0.1, 0.15) is 17.3 Å². The Morgan fingerprint density at radius 3 is 2.52 bits per heavy atom. The molecular formula is C16H15ClF3N3OS. The van der Waals surface area contributed by atoms with E-state index in [2.05, 4.69) is 5.10 Å². The molecule has 0 aromatic heterocycles. The van der Waals surface area contributed by atoms with Crippen molar-refractivity contribution in [3.63, 3.8) is 0 Å². The molecule has 2 aromatic carbocycles. The van der Waals surface area contributed by atoms with Crippen molar-refractivity contribution in [2.45, 2.75) is 17.5 Å². The molecule has 0 spiro atoms. The van der Waals surface area contributed by atoms with Crippen LogP contribution in [-0.4, -0.2) is 12.1 Å². The third-order valence-corrected chi connectivity index (χ3v) is 4.23. The first-order valence-electron chi connectivity index (χ1n) is 6.97. The molecular weight excluding hydrogens is 375 g/mol. The highest BCUT2D eigenvalue weighted by Gasteiger charge is 2.31. The predicted molar refractivity (Wildman–Crippen MR) is 94.3 cm³/mol. The molecule has 0 aliphatic heterocycles. The lowest BCUT2D eigenvalue weighted by Gasteiger charge is -2.14. The minimum absolute atomic E-state index is 0.00607. The largest absolute Gasteiger partial charge is 0.456 e. The first-order valence-corrected chi connectivity index (χ1v) is 8.58. The maximum Gasteiger partial charge on any atom is 0.416 e. The molecule has 0 heterocycles. The molecule has 25 heavy (non-hydrogen) atoms. The number of nitrogens with zero attached hydrogens (tertiary/aromatic N) is 1. The van der Waals surface area contributed by atoms with Crippen LogP contribution in [0.4, 0.5) is 13.2 Å². The summed E-state index contributed by atoms with van der Waals surface area (Å²) in [6, 6.07) is 8.35. The monoisotopic (exact) mass is 389 g/mol. The van der Waals surface area contributed by atoms with E-state index < -0.39 is 11.7 Å². The zero-order valence-corrected chi connectivity index (χ0v) is 14.7. The Labute approximate surface area is 152 Å². The molecule has 9 heteroatoms. The summed E-state index contributed by atoms with van der Waals surface area (Å²) in [7, 11) is 0. The van der Waals surface area contributed by atoms with Gasteiger partial charge >= 0.3 is 6.18 Å². The van der Waals surface area contributed by atoms with Gasteiger partial charge in [0.05, 0.1) is 10.6 Å². The Balaban J connectivity index is 2.40. The van der Waals surface area contributed by atoms with Crippen LogP contribution >= 0.6 is 23.4 Å². The van der Waals surface area contributed by atoms with Crippen molar-refractivity contribution in [2.75, 3.05) is 6.26 Å².